The molecule has 78 valence electrons. The van der Waals surface area contributed by atoms with Gasteiger partial charge < -0.3 is 9.47 Å². The second-order valence-corrected chi connectivity index (χ2v) is 2.63. The number of carbonyl (C=O) groups is 1. The Kier molecular flexibility index (Phi) is 3.69. The number of hydrogen-bond donors (Lipinski definition) is 0. The summed E-state index contributed by atoms with van der Waals surface area (Å²) >= 11 is 0. The van der Waals surface area contributed by atoms with Crippen molar-refractivity contribution in [2.45, 2.75) is 0 Å². The Bertz CT molecular complexity index is 407. The van der Waals surface area contributed by atoms with Crippen molar-refractivity contribution in [1.29, 1.82) is 0 Å². The zero-order valence-electron chi connectivity index (χ0n) is 8.12. The SMILES string of the molecule is C#CCOc1ccc(C(=O)OC)cc1F. The minimum atomic E-state index is -0.645. The highest BCUT2D eigenvalue weighted by molar-refractivity contribution is 5.89. The maximum Gasteiger partial charge on any atom is 0.337 e. The van der Waals surface area contributed by atoms with Gasteiger partial charge >= 0.3 is 5.97 Å². The molecule has 0 saturated carbocycles. The van der Waals surface area contributed by atoms with Gasteiger partial charge in [0.2, 0.25) is 0 Å². The summed E-state index contributed by atoms with van der Waals surface area (Å²) < 4.78 is 22.6. The van der Waals surface area contributed by atoms with Crippen molar-refractivity contribution in [2.75, 3.05) is 13.7 Å². The lowest BCUT2D eigenvalue weighted by molar-refractivity contribution is 0.0600. The van der Waals surface area contributed by atoms with E-state index in [1.807, 2.05) is 0 Å². The molecule has 0 aliphatic rings. The molecular weight excluding hydrogens is 199 g/mol. The lowest BCUT2D eigenvalue weighted by Gasteiger charge is -2.05. The predicted molar refractivity (Wildman–Crippen MR) is 52.1 cm³/mol. The van der Waals surface area contributed by atoms with Gasteiger partial charge in [-0.25, -0.2) is 9.18 Å². The number of halogens is 1. The van der Waals surface area contributed by atoms with Crippen LogP contribution in [0, 0.1) is 18.2 Å². The summed E-state index contributed by atoms with van der Waals surface area (Å²) in [4.78, 5) is 11.0. The van der Waals surface area contributed by atoms with E-state index in [1.54, 1.807) is 0 Å². The molecule has 0 aliphatic carbocycles. The maximum atomic E-state index is 13.3. The van der Waals surface area contributed by atoms with E-state index in [9.17, 15) is 9.18 Å². The summed E-state index contributed by atoms with van der Waals surface area (Å²) in [6.45, 7) is -0.0194. The molecule has 0 spiro atoms. The lowest BCUT2D eigenvalue weighted by atomic mass is 10.2. The van der Waals surface area contributed by atoms with E-state index in [4.69, 9.17) is 11.2 Å². The van der Waals surface area contributed by atoms with Crippen LogP contribution in [0.5, 0.6) is 5.75 Å². The summed E-state index contributed by atoms with van der Waals surface area (Å²) in [5.74, 6) is 0.981. The molecular formula is C11H9FO3. The number of terminal acetylenes is 1. The van der Waals surface area contributed by atoms with Gasteiger partial charge in [0.25, 0.3) is 0 Å². The Morgan fingerprint density at radius 3 is 2.87 bits per heavy atom. The van der Waals surface area contributed by atoms with Crippen molar-refractivity contribution in [3.8, 4) is 18.1 Å². The molecule has 15 heavy (non-hydrogen) atoms. The van der Waals surface area contributed by atoms with Gasteiger partial charge in [-0.1, -0.05) is 5.92 Å². The zero-order chi connectivity index (χ0) is 11.3. The van der Waals surface area contributed by atoms with E-state index < -0.39 is 11.8 Å². The highest BCUT2D eigenvalue weighted by atomic mass is 19.1. The standard InChI is InChI=1S/C11H9FO3/c1-3-6-15-10-5-4-8(7-9(10)12)11(13)14-2/h1,4-5,7H,6H2,2H3. The molecule has 0 unspecified atom stereocenters. The van der Waals surface area contributed by atoms with Crippen molar-refractivity contribution in [1.82, 2.24) is 0 Å². The van der Waals surface area contributed by atoms with Gasteiger partial charge in [-0.2, -0.15) is 0 Å². The first kappa shape index (κ1) is 11.1. The number of ether oxygens (including phenoxy) is 2. The fourth-order valence-electron chi connectivity index (χ4n) is 0.982. The third-order valence-electron chi connectivity index (χ3n) is 1.66. The third-order valence-corrected chi connectivity index (χ3v) is 1.66. The molecule has 0 saturated heterocycles. The Balaban J connectivity index is 2.89. The Morgan fingerprint density at radius 1 is 1.60 bits per heavy atom. The molecule has 0 heterocycles. The lowest BCUT2D eigenvalue weighted by Crippen LogP contribution is -2.03. The van der Waals surface area contributed by atoms with Crippen LogP contribution in [-0.2, 0) is 4.74 Å². The molecule has 0 amide bonds. The molecule has 3 nitrogen and oxygen atoms in total. The minimum Gasteiger partial charge on any atom is -0.478 e. The minimum absolute atomic E-state index is 0.0144. The van der Waals surface area contributed by atoms with Crippen LogP contribution in [-0.4, -0.2) is 19.7 Å². The molecule has 0 bridgehead atoms. The molecule has 1 aromatic carbocycles. The van der Waals surface area contributed by atoms with Crippen LogP contribution < -0.4 is 4.74 Å². The van der Waals surface area contributed by atoms with Gasteiger partial charge in [-0.15, -0.1) is 6.42 Å². The smallest absolute Gasteiger partial charge is 0.337 e. The topological polar surface area (TPSA) is 35.5 Å². The maximum absolute atomic E-state index is 13.3. The monoisotopic (exact) mass is 208 g/mol. The van der Waals surface area contributed by atoms with Gasteiger partial charge in [0, 0.05) is 0 Å². The van der Waals surface area contributed by atoms with Crippen molar-refractivity contribution < 1.29 is 18.7 Å². The largest absolute Gasteiger partial charge is 0.478 e. The van der Waals surface area contributed by atoms with E-state index in [0.29, 0.717) is 0 Å². The summed E-state index contributed by atoms with van der Waals surface area (Å²) in [7, 11) is 1.23. The zero-order valence-corrected chi connectivity index (χ0v) is 8.12. The third kappa shape index (κ3) is 2.71. The number of esters is 1. The summed E-state index contributed by atoms with van der Waals surface area (Å²) in [5.41, 5.74) is 0.128. The van der Waals surface area contributed by atoms with Gasteiger partial charge in [0.05, 0.1) is 12.7 Å². The van der Waals surface area contributed by atoms with Gasteiger partial charge in [0.1, 0.15) is 6.61 Å². The highest BCUT2D eigenvalue weighted by Gasteiger charge is 2.09. The quantitative estimate of drug-likeness (QED) is 0.559. The molecule has 0 aliphatic heterocycles. The van der Waals surface area contributed by atoms with Crippen LogP contribution in [0.25, 0.3) is 0 Å². The number of methoxy groups -OCH3 is 1. The number of carbonyl (C=O) groups excluding carboxylic acids is 1. The second-order valence-electron chi connectivity index (χ2n) is 2.63. The van der Waals surface area contributed by atoms with Crippen molar-refractivity contribution in [3.05, 3.63) is 29.6 Å². The first-order valence-corrected chi connectivity index (χ1v) is 4.13. The highest BCUT2D eigenvalue weighted by Crippen LogP contribution is 2.18. The fraction of sp³-hybridized carbons (Fsp3) is 0.182. The number of rotatable bonds is 3. The van der Waals surface area contributed by atoms with E-state index in [2.05, 4.69) is 10.7 Å². The second kappa shape index (κ2) is 5.01. The van der Waals surface area contributed by atoms with Gasteiger partial charge in [0.15, 0.2) is 11.6 Å². The molecule has 4 heteroatoms. The van der Waals surface area contributed by atoms with Crippen LogP contribution >= 0.6 is 0 Å². The van der Waals surface area contributed by atoms with Crippen molar-refractivity contribution in [2.24, 2.45) is 0 Å². The summed E-state index contributed by atoms with van der Waals surface area (Å²) in [6.07, 6.45) is 4.95. The van der Waals surface area contributed by atoms with Crippen molar-refractivity contribution >= 4 is 5.97 Å². The van der Waals surface area contributed by atoms with E-state index >= 15 is 0 Å². The molecule has 0 fully saturated rings. The Labute approximate surface area is 86.8 Å². The van der Waals surface area contributed by atoms with Gasteiger partial charge in [-0.05, 0) is 18.2 Å². The normalized spacial score (nSPS) is 9.13. The summed E-state index contributed by atoms with van der Waals surface area (Å²) in [6, 6.07) is 3.78. The van der Waals surface area contributed by atoms with Crippen LogP contribution in [0.1, 0.15) is 10.4 Å². The van der Waals surface area contributed by atoms with E-state index in [0.717, 1.165) is 6.07 Å². The molecule has 0 radical (unpaired) electrons. The molecule has 0 N–H and O–H groups in total. The van der Waals surface area contributed by atoms with Crippen LogP contribution in [0.4, 0.5) is 4.39 Å². The fourth-order valence-corrected chi connectivity index (χ4v) is 0.982. The molecule has 1 rings (SSSR count). The molecule has 0 atom stereocenters. The number of hydrogen-bond acceptors (Lipinski definition) is 3. The van der Waals surface area contributed by atoms with Crippen LogP contribution in [0.3, 0.4) is 0 Å². The summed E-state index contributed by atoms with van der Waals surface area (Å²) in [5, 5.41) is 0. The molecule has 1 aromatic rings. The van der Waals surface area contributed by atoms with Crippen molar-refractivity contribution in [3.63, 3.8) is 0 Å². The van der Waals surface area contributed by atoms with Gasteiger partial charge in [-0.3, -0.25) is 0 Å². The van der Waals surface area contributed by atoms with Crippen LogP contribution in [0.2, 0.25) is 0 Å². The van der Waals surface area contributed by atoms with E-state index in [1.165, 1.54) is 19.2 Å². The average molecular weight is 208 g/mol. The Morgan fingerprint density at radius 2 is 2.33 bits per heavy atom. The Hall–Kier alpha value is -2.02. The molecule has 0 aromatic heterocycles. The average Bonchev–Trinajstić information content (AvgIpc) is 2.26. The van der Waals surface area contributed by atoms with E-state index in [-0.39, 0.29) is 17.9 Å². The van der Waals surface area contributed by atoms with Crippen LogP contribution in [0.15, 0.2) is 18.2 Å². The first-order chi connectivity index (χ1) is 7.19. The number of benzene rings is 1. The first-order valence-electron chi connectivity index (χ1n) is 4.13. The predicted octanol–water partition coefficient (Wildman–Crippen LogP) is 1.62.